The third-order valence-electron chi connectivity index (χ3n) is 2.05. The fraction of sp³-hybridized carbons (Fsp3) is 0.200. The first-order valence-electron chi connectivity index (χ1n) is 4.69. The average Bonchev–Trinajstić information content (AvgIpc) is 2.27. The maximum atomic E-state index is 12.4. The van der Waals surface area contributed by atoms with Crippen molar-refractivity contribution in [3.63, 3.8) is 0 Å². The van der Waals surface area contributed by atoms with Gasteiger partial charge in [0.1, 0.15) is 0 Å². The summed E-state index contributed by atoms with van der Waals surface area (Å²) in [6.07, 6.45) is -4.61. The van der Waals surface area contributed by atoms with Gasteiger partial charge in [-0.15, -0.1) is 0 Å². The largest absolute Gasteiger partial charge is 0.478 e. The predicted octanol–water partition coefficient (Wildman–Crippen LogP) is 2.15. The van der Waals surface area contributed by atoms with Gasteiger partial charge in [-0.2, -0.15) is 13.2 Å². The molecule has 0 fully saturated rings. The first-order valence-corrected chi connectivity index (χ1v) is 4.69. The Morgan fingerprint density at radius 3 is 2.33 bits per heavy atom. The molecule has 1 rings (SSSR count). The molecule has 0 radical (unpaired) electrons. The van der Waals surface area contributed by atoms with Gasteiger partial charge in [0.05, 0.1) is 16.8 Å². The summed E-state index contributed by atoms with van der Waals surface area (Å²) in [4.78, 5) is 21.8. The van der Waals surface area contributed by atoms with Crippen LogP contribution in [0, 0.1) is 0 Å². The Kier molecular flexibility index (Phi) is 3.79. The summed E-state index contributed by atoms with van der Waals surface area (Å²) in [6, 6.07) is 1.19. The SMILES string of the molecule is CNC(=O)Nc1cc(C(F)(F)F)ccc1C(=O)O. The standard InChI is InChI=1S/C10H9F3N2O3/c1-14-9(18)15-7-4-5(10(11,12)13)2-3-6(7)8(16)17/h2-4H,1H3,(H,16,17)(H2,14,15,18). The molecule has 0 atom stereocenters. The van der Waals surface area contributed by atoms with Gasteiger partial charge in [0.15, 0.2) is 0 Å². The first-order chi connectivity index (χ1) is 8.25. The number of nitrogens with one attached hydrogen (secondary N) is 2. The number of benzene rings is 1. The van der Waals surface area contributed by atoms with E-state index in [1.807, 2.05) is 5.32 Å². The van der Waals surface area contributed by atoms with E-state index in [1.54, 1.807) is 0 Å². The highest BCUT2D eigenvalue weighted by Gasteiger charge is 2.31. The number of carbonyl (C=O) groups is 2. The van der Waals surface area contributed by atoms with E-state index in [4.69, 9.17) is 5.11 Å². The van der Waals surface area contributed by atoms with Crippen LogP contribution in [0.3, 0.4) is 0 Å². The van der Waals surface area contributed by atoms with Crippen molar-refractivity contribution in [3.05, 3.63) is 29.3 Å². The number of halogens is 3. The van der Waals surface area contributed by atoms with Gasteiger partial charge in [-0.3, -0.25) is 0 Å². The lowest BCUT2D eigenvalue weighted by Crippen LogP contribution is -2.25. The molecule has 0 aliphatic carbocycles. The van der Waals surface area contributed by atoms with E-state index in [-0.39, 0.29) is 0 Å². The molecular weight excluding hydrogens is 253 g/mol. The predicted molar refractivity (Wildman–Crippen MR) is 56.5 cm³/mol. The number of anilines is 1. The van der Waals surface area contributed by atoms with E-state index >= 15 is 0 Å². The van der Waals surface area contributed by atoms with E-state index in [0.717, 1.165) is 6.07 Å². The molecule has 0 spiro atoms. The van der Waals surface area contributed by atoms with Crippen LogP contribution in [0.15, 0.2) is 18.2 Å². The molecule has 1 aromatic rings. The number of urea groups is 1. The summed E-state index contributed by atoms with van der Waals surface area (Å²) in [7, 11) is 1.25. The van der Waals surface area contributed by atoms with Gasteiger partial charge in [0.2, 0.25) is 0 Å². The van der Waals surface area contributed by atoms with Gasteiger partial charge < -0.3 is 15.7 Å². The number of carboxylic acid groups (broad SMARTS) is 1. The minimum Gasteiger partial charge on any atom is -0.478 e. The Labute approximate surface area is 99.6 Å². The van der Waals surface area contributed by atoms with Crippen LogP contribution in [0.1, 0.15) is 15.9 Å². The van der Waals surface area contributed by atoms with Crippen molar-refractivity contribution in [1.82, 2.24) is 5.32 Å². The molecule has 2 amide bonds. The second-order valence-electron chi connectivity index (χ2n) is 3.27. The number of amides is 2. The fourth-order valence-corrected chi connectivity index (χ4v) is 1.20. The molecule has 0 saturated carbocycles. The normalized spacial score (nSPS) is 10.9. The molecule has 0 unspecified atom stereocenters. The molecule has 18 heavy (non-hydrogen) atoms. The number of hydrogen-bond donors (Lipinski definition) is 3. The van der Waals surface area contributed by atoms with Crippen LogP contribution >= 0.6 is 0 Å². The van der Waals surface area contributed by atoms with E-state index in [2.05, 4.69) is 5.32 Å². The molecule has 3 N–H and O–H groups in total. The Balaban J connectivity index is 3.24. The zero-order valence-corrected chi connectivity index (χ0v) is 9.13. The van der Waals surface area contributed by atoms with Crippen LogP contribution in [0.25, 0.3) is 0 Å². The number of rotatable bonds is 2. The zero-order valence-electron chi connectivity index (χ0n) is 9.13. The van der Waals surface area contributed by atoms with E-state index in [1.165, 1.54) is 7.05 Å². The van der Waals surface area contributed by atoms with Crippen LogP contribution < -0.4 is 10.6 Å². The summed E-state index contributed by atoms with van der Waals surface area (Å²) in [5, 5.41) is 12.9. The summed E-state index contributed by atoms with van der Waals surface area (Å²) < 4.78 is 37.3. The van der Waals surface area contributed by atoms with E-state index in [9.17, 15) is 22.8 Å². The molecule has 0 aromatic heterocycles. The summed E-state index contributed by atoms with van der Waals surface area (Å²) >= 11 is 0. The molecule has 0 aliphatic rings. The lowest BCUT2D eigenvalue weighted by Gasteiger charge is -2.12. The highest BCUT2D eigenvalue weighted by atomic mass is 19.4. The molecule has 5 nitrogen and oxygen atoms in total. The molecule has 0 aliphatic heterocycles. The number of aromatic carboxylic acids is 1. The second-order valence-corrected chi connectivity index (χ2v) is 3.27. The maximum absolute atomic E-state index is 12.4. The molecular formula is C10H9F3N2O3. The lowest BCUT2D eigenvalue weighted by molar-refractivity contribution is -0.137. The minimum atomic E-state index is -4.61. The van der Waals surface area contributed by atoms with Crippen LogP contribution in [0.4, 0.5) is 23.7 Å². The van der Waals surface area contributed by atoms with Crippen LogP contribution in [-0.4, -0.2) is 24.2 Å². The Bertz CT molecular complexity index is 486. The Morgan fingerprint density at radius 2 is 1.89 bits per heavy atom. The lowest BCUT2D eigenvalue weighted by atomic mass is 10.1. The molecule has 98 valence electrons. The van der Waals surface area contributed by atoms with Crippen molar-refractivity contribution in [2.24, 2.45) is 0 Å². The van der Waals surface area contributed by atoms with Crippen LogP contribution in [0.5, 0.6) is 0 Å². The Morgan fingerprint density at radius 1 is 1.28 bits per heavy atom. The zero-order chi connectivity index (χ0) is 13.9. The minimum absolute atomic E-state index is 0.420. The van der Waals surface area contributed by atoms with Gasteiger partial charge in [0.25, 0.3) is 0 Å². The topological polar surface area (TPSA) is 78.4 Å². The van der Waals surface area contributed by atoms with E-state index in [0.29, 0.717) is 12.1 Å². The summed E-state index contributed by atoms with van der Waals surface area (Å²) in [5.74, 6) is -1.44. The highest BCUT2D eigenvalue weighted by molar-refractivity contribution is 6.00. The highest BCUT2D eigenvalue weighted by Crippen LogP contribution is 2.32. The van der Waals surface area contributed by atoms with Crippen LogP contribution in [0.2, 0.25) is 0 Å². The Hall–Kier alpha value is -2.25. The third kappa shape index (κ3) is 3.12. The van der Waals surface area contributed by atoms with Gasteiger partial charge >= 0.3 is 18.2 Å². The van der Waals surface area contributed by atoms with Gasteiger partial charge in [-0.1, -0.05) is 0 Å². The quantitative estimate of drug-likeness (QED) is 0.764. The summed E-state index contributed by atoms with van der Waals surface area (Å²) in [6.45, 7) is 0. The smallest absolute Gasteiger partial charge is 0.416 e. The van der Waals surface area contributed by atoms with Gasteiger partial charge in [-0.05, 0) is 18.2 Å². The number of carboxylic acids is 1. The number of carbonyl (C=O) groups excluding carboxylic acids is 1. The van der Waals surface area contributed by atoms with Crippen molar-refractivity contribution in [2.75, 3.05) is 12.4 Å². The molecule has 0 heterocycles. The van der Waals surface area contributed by atoms with Crippen molar-refractivity contribution in [1.29, 1.82) is 0 Å². The summed E-state index contributed by atoms with van der Waals surface area (Å²) in [5.41, 5.74) is -1.89. The monoisotopic (exact) mass is 262 g/mol. The van der Waals surface area contributed by atoms with Crippen molar-refractivity contribution in [2.45, 2.75) is 6.18 Å². The third-order valence-corrected chi connectivity index (χ3v) is 2.05. The van der Waals surface area contributed by atoms with Crippen LogP contribution in [-0.2, 0) is 6.18 Å². The number of alkyl halides is 3. The molecule has 1 aromatic carbocycles. The van der Waals surface area contributed by atoms with Crippen molar-refractivity contribution < 1.29 is 27.9 Å². The van der Waals surface area contributed by atoms with E-state index < -0.39 is 35.0 Å². The van der Waals surface area contributed by atoms with Crippen molar-refractivity contribution in [3.8, 4) is 0 Å². The van der Waals surface area contributed by atoms with Crippen molar-refractivity contribution >= 4 is 17.7 Å². The fourth-order valence-electron chi connectivity index (χ4n) is 1.20. The van der Waals surface area contributed by atoms with Gasteiger partial charge in [-0.25, -0.2) is 9.59 Å². The molecule has 0 bridgehead atoms. The molecule has 8 heteroatoms. The van der Waals surface area contributed by atoms with Gasteiger partial charge in [0, 0.05) is 7.05 Å². The number of hydrogen-bond acceptors (Lipinski definition) is 2. The second kappa shape index (κ2) is 4.94. The molecule has 0 saturated heterocycles. The average molecular weight is 262 g/mol. The first kappa shape index (κ1) is 13.8. The maximum Gasteiger partial charge on any atom is 0.416 e.